The minimum atomic E-state index is -0.134. The lowest BCUT2D eigenvalue weighted by Gasteiger charge is -2.18. The predicted molar refractivity (Wildman–Crippen MR) is 76.1 cm³/mol. The maximum absolute atomic E-state index is 6.23. The molecular weight excluding hydrogens is 339 g/mol. The topological polar surface area (TPSA) is 42.7 Å². The lowest BCUT2D eigenvalue weighted by Crippen LogP contribution is -2.21. The van der Waals surface area contributed by atoms with Crippen LogP contribution >= 0.6 is 39.1 Å². The number of halogens is 3. The van der Waals surface area contributed by atoms with Crippen molar-refractivity contribution in [3.8, 4) is 0 Å². The molecular formula is C11H11BrCl2N4. The van der Waals surface area contributed by atoms with E-state index >= 15 is 0 Å². The third-order valence-corrected chi connectivity index (χ3v) is 3.80. The number of aromatic nitrogens is 3. The van der Waals surface area contributed by atoms with Crippen LogP contribution in [-0.2, 0) is 7.05 Å². The molecule has 0 radical (unpaired) electrons. The Morgan fingerprint density at radius 3 is 2.67 bits per heavy atom. The molecule has 2 rings (SSSR count). The molecule has 0 spiro atoms. The second kappa shape index (κ2) is 5.57. The summed E-state index contributed by atoms with van der Waals surface area (Å²) in [6, 6.07) is 5.24. The first-order valence-electron chi connectivity index (χ1n) is 5.22. The van der Waals surface area contributed by atoms with Gasteiger partial charge in [0.1, 0.15) is 0 Å². The normalized spacial score (nSPS) is 12.7. The van der Waals surface area contributed by atoms with E-state index < -0.39 is 0 Å². The molecule has 0 saturated heterocycles. The Morgan fingerprint density at radius 1 is 1.39 bits per heavy atom. The van der Waals surface area contributed by atoms with Crippen molar-refractivity contribution in [3.63, 3.8) is 0 Å². The van der Waals surface area contributed by atoms with Gasteiger partial charge in [0, 0.05) is 17.1 Å². The standard InChI is InChI=1S/C11H11BrCl2N4/c1-15-9(10-11(12)16-17-18(10)2)7-5-6(13)3-4-8(7)14/h3-5,9,15H,1-2H3. The number of aryl methyl sites for hydroxylation is 1. The first kappa shape index (κ1) is 13.8. The average Bonchev–Trinajstić information content (AvgIpc) is 2.66. The zero-order chi connectivity index (χ0) is 13.3. The van der Waals surface area contributed by atoms with Crippen LogP contribution in [0.5, 0.6) is 0 Å². The van der Waals surface area contributed by atoms with Gasteiger partial charge in [-0.2, -0.15) is 0 Å². The monoisotopic (exact) mass is 348 g/mol. The smallest absolute Gasteiger partial charge is 0.153 e. The molecule has 0 fully saturated rings. The van der Waals surface area contributed by atoms with Crippen LogP contribution in [0.4, 0.5) is 0 Å². The van der Waals surface area contributed by atoms with E-state index in [2.05, 4.69) is 31.6 Å². The van der Waals surface area contributed by atoms with E-state index in [9.17, 15) is 0 Å². The molecule has 1 N–H and O–H groups in total. The lowest BCUT2D eigenvalue weighted by molar-refractivity contribution is 0.597. The first-order valence-corrected chi connectivity index (χ1v) is 6.76. The van der Waals surface area contributed by atoms with Gasteiger partial charge in [-0.3, -0.25) is 0 Å². The minimum Gasteiger partial charge on any atom is -0.308 e. The van der Waals surface area contributed by atoms with E-state index in [-0.39, 0.29) is 6.04 Å². The van der Waals surface area contributed by atoms with Crippen molar-refractivity contribution >= 4 is 39.1 Å². The number of nitrogens with zero attached hydrogens (tertiary/aromatic N) is 3. The van der Waals surface area contributed by atoms with Gasteiger partial charge in [0.25, 0.3) is 0 Å². The Morgan fingerprint density at radius 2 is 2.11 bits per heavy atom. The number of nitrogens with one attached hydrogen (secondary N) is 1. The van der Waals surface area contributed by atoms with Gasteiger partial charge < -0.3 is 5.32 Å². The largest absolute Gasteiger partial charge is 0.308 e. The van der Waals surface area contributed by atoms with E-state index in [0.29, 0.717) is 14.6 Å². The van der Waals surface area contributed by atoms with Gasteiger partial charge in [-0.1, -0.05) is 28.4 Å². The van der Waals surface area contributed by atoms with E-state index in [1.54, 1.807) is 16.8 Å². The maximum Gasteiger partial charge on any atom is 0.153 e. The fourth-order valence-corrected chi connectivity index (χ4v) is 2.78. The summed E-state index contributed by atoms with van der Waals surface area (Å²) >= 11 is 15.6. The van der Waals surface area contributed by atoms with Gasteiger partial charge in [-0.25, -0.2) is 4.68 Å². The molecule has 1 aromatic carbocycles. The Hall–Kier alpha value is -0.620. The molecule has 4 nitrogen and oxygen atoms in total. The van der Waals surface area contributed by atoms with Crippen molar-refractivity contribution in [3.05, 3.63) is 44.1 Å². The Balaban J connectivity index is 2.55. The van der Waals surface area contributed by atoms with Crippen LogP contribution in [0.2, 0.25) is 10.0 Å². The molecule has 1 aromatic heterocycles. The van der Waals surface area contributed by atoms with Crippen LogP contribution in [0.1, 0.15) is 17.3 Å². The predicted octanol–water partition coefficient (Wildman–Crippen LogP) is 3.19. The highest BCUT2D eigenvalue weighted by atomic mass is 79.9. The molecule has 18 heavy (non-hydrogen) atoms. The Kier molecular flexibility index (Phi) is 4.27. The fourth-order valence-electron chi connectivity index (χ4n) is 1.82. The summed E-state index contributed by atoms with van der Waals surface area (Å²) < 4.78 is 2.38. The molecule has 0 saturated carbocycles. The van der Waals surface area contributed by atoms with Crippen LogP contribution < -0.4 is 5.32 Å². The SMILES string of the molecule is CNC(c1cc(Cl)ccc1Cl)c1c(Br)nnn1C. The van der Waals surface area contributed by atoms with E-state index in [0.717, 1.165) is 11.3 Å². The van der Waals surface area contributed by atoms with E-state index in [1.807, 2.05) is 20.2 Å². The molecule has 96 valence electrons. The molecule has 0 bridgehead atoms. The highest BCUT2D eigenvalue weighted by Gasteiger charge is 2.22. The summed E-state index contributed by atoms with van der Waals surface area (Å²) in [5.41, 5.74) is 1.78. The van der Waals surface area contributed by atoms with Crippen LogP contribution in [-0.4, -0.2) is 22.0 Å². The van der Waals surface area contributed by atoms with Crippen LogP contribution in [0.3, 0.4) is 0 Å². The summed E-state index contributed by atoms with van der Waals surface area (Å²) in [5.74, 6) is 0. The van der Waals surface area contributed by atoms with Gasteiger partial charge in [-0.15, -0.1) is 5.10 Å². The second-order valence-electron chi connectivity index (χ2n) is 3.78. The lowest BCUT2D eigenvalue weighted by atomic mass is 10.0. The molecule has 0 amide bonds. The molecule has 0 aliphatic carbocycles. The first-order chi connectivity index (χ1) is 8.54. The van der Waals surface area contributed by atoms with Gasteiger partial charge >= 0.3 is 0 Å². The van der Waals surface area contributed by atoms with Crippen LogP contribution in [0, 0.1) is 0 Å². The summed E-state index contributed by atoms with van der Waals surface area (Å²) in [4.78, 5) is 0. The van der Waals surface area contributed by atoms with E-state index in [4.69, 9.17) is 23.2 Å². The fraction of sp³-hybridized carbons (Fsp3) is 0.273. The minimum absolute atomic E-state index is 0.134. The summed E-state index contributed by atoms with van der Waals surface area (Å²) in [6.45, 7) is 0. The van der Waals surface area contributed by atoms with Crippen molar-refractivity contribution in [2.24, 2.45) is 7.05 Å². The van der Waals surface area contributed by atoms with Crippen molar-refractivity contribution in [2.75, 3.05) is 7.05 Å². The molecule has 1 heterocycles. The number of rotatable bonds is 3. The molecule has 0 aliphatic rings. The molecule has 1 unspecified atom stereocenters. The zero-order valence-corrected chi connectivity index (χ0v) is 12.9. The summed E-state index contributed by atoms with van der Waals surface area (Å²) in [5, 5.41) is 12.4. The van der Waals surface area contributed by atoms with Crippen molar-refractivity contribution in [2.45, 2.75) is 6.04 Å². The van der Waals surface area contributed by atoms with Crippen molar-refractivity contribution in [1.82, 2.24) is 20.3 Å². The molecule has 2 aromatic rings. The quantitative estimate of drug-likeness (QED) is 0.925. The summed E-state index contributed by atoms with van der Waals surface area (Å²) in [6.07, 6.45) is 0. The van der Waals surface area contributed by atoms with Gasteiger partial charge in [0.2, 0.25) is 0 Å². The molecule has 1 atom stereocenters. The Bertz CT molecular complexity index is 551. The average molecular weight is 350 g/mol. The van der Waals surface area contributed by atoms with Gasteiger partial charge in [0.05, 0.1) is 11.7 Å². The highest BCUT2D eigenvalue weighted by Crippen LogP contribution is 2.32. The Labute approximate surface area is 123 Å². The molecule has 7 heteroatoms. The zero-order valence-electron chi connectivity index (χ0n) is 9.78. The van der Waals surface area contributed by atoms with Gasteiger partial charge in [0.15, 0.2) is 4.60 Å². The molecule has 0 aliphatic heterocycles. The second-order valence-corrected chi connectivity index (χ2v) is 5.37. The van der Waals surface area contributed by atoms with Crippen LogP contribution in [0.25, 0.3) is 0 Å². The third kappa shape index (κ3) is 2.54. The highest BCUT2D eigenvalue weighted by molar-refractivity contribution is 9.10. The van der Waals surface area contributed by atoms with Crippen molar-refractivity contribution < 1.29 is 0 Å². The number of hydrogen-bond donors (Lipinski definition) is 1. The van der Waals surface area contributed by atoms with Crippen molar-refractivity contribution in [1.29, 1.82) is 0 Å². The number of hydrogen-bond acceptors (Lipinski definition) is 3. The van der Waals surface area contributed by atoms with Crippen LogP contribution in [0.15, 0.2) is 22.8 Å². The van der Waals surface area contributed by atoms with Gasteiger partial charge in [-0.05, 0) is 46.7 Å². The third-order valence-electron chi connectivity index (χ3n) is 2.66. The summed E-state index contributed by atoms with van der Waals surface area (Å²) in [7, 11) is 3.68. The van der Waals surface area contributed by atoms with E-state index in [1.165, 1.54) is 0 Å². The number of benzene rings is 1. The maximum atomic E-state index is 6.23.